The van der Waals surface area contributed by atoms with Crippen molar-refractivity contribution in [2.45, 2.75) is 13.8 Å². The van der Waals surface area contributed by atoms with E-state index in [-0.39, 0.29) is 5.91 Å². The Kier molecular flexibility index (Phi) is 3.87. The van der Waals surface area contributed by atoms with Gasteiger partial charge in [0.1, 0.15) is 0 Å². The Morgan fingerprint density at radius 2 is 2.06 bits per heavy atom. The molecular formula is C14H16N2OS. The lowest BCUT2D eigenvalue weighted by Crippen LogP contribution is -2.27. The summed E-state index contributed by atoms with van der Waals surface area (Å²) in [6.07, 6.45) is 0. The van der Waals surface area contributed by atoms with Crippen molar-refractivity contribution in [2.75, 3.05) is 12.3 Å². The smallest absolute Gasteiger partial charge is 0.253 e. The Labute approximate surface area is 112 Å². The number of pyridine rings is 1. The first kappa shape index (κ1) is 12.9. The maximum Gasteiger partial charge on any atom is 0.253 e. The SMILES string of the molecule is Cc1nc2ccccc2c(C)c1C(=O)NCCS. The van der Waals surface area contributed by atoms with Crippen LogP contribution in [0.2, 0.25) is 0 Å². The number of carbonyl (C=O) groups is 1. The highest BCUT2D eigenvalue weighted by molar-refractivity contribution is 7.80. The number of rotatable bonds is 3. The number of benzene rings is 1. The molecule has 0 fully saturated rings. The van der Waals surface area contributed by atoms with Gasteiger partial charge in [0.15, 0.2) is 0 Å². The molecule has 0 aliphatic rings. The molecule has 0 radical (unpaired) electrons. The Bertz CT molecular complexity index is 596. The molecule has 0 bridgehead atoms. The molecule has 1 amide bonds. The van der Waals surface area contributed by atoms with Crippen LogP contribution in [0.5, 0.6) is 0 Å². The third-order valence-electron chi connectivity index (χ3n) is 2.96. The monoisotopic (exact) mass is 260 g/mol. The van der Waals surface area contributed by atoms with Gasteiger partial charge < -0.3 is 5.32 Å². The lowest BCUT2D eigenvalue weighted by atomic mass is 10.0. The lowest BCUT2D eigenvalue weighted by molar-refractivity contribution is 0.0955. The first-order valence-electron chi connectivity index (χ1n) is 5.90. The van der Waals surface area contributed by atoms with E-state index in [0.717, 1.165) is 22.2 Å². The van der Waals surface area contributed by atoms with Crippen LogP contribution < -0.4 is 5.32 Å². The number of aryl methyl sites for hydroxylation is 2. The van der Waals surface area contributed by atoms with Crippen LogP contribution in [0.15, 0.2) is 24.3 Å². The number of nitrogens with one attached hydrogen (secondary N) is 1. The number of hydrogen-bond acceptors (Lipinski definition) is 3. The van der Waals surface area contributed by atoms with Crippen molar-refractivity contribution in [3.05, 3.63) is 41.1 Å². The predicted molar refractivity (Wildman–Crippen MR) is 77.4 cm³/mol. The molecule has 1 aromatic carbocycles. The van der Waals surface area contributed by atoms with Crippen molar-refractivity contribution in [3.8, 4) is 0 Å². The van der Waals surface area contributed by atoms with Gasteiger partial charge in [-0.1, -0.05) is 18.2 Å². The molecule has 4 heteroatoms. The minimum Gasteiger partial charge on any atom is -0.351 e. The van der Waals surface area contributed by atoms with Crippen LogP contribution in [0.4, 0.5) is 0 Å². The number of thiol groups is 1. The van der Waals surface area contributed by atoms with Crippen LogP contribution in [0, 0.1) is 13.8 Å². The van der Waals surface area contributed by atoms with Gasteiger partial charge in [0.2, 0.25) is 0 Å². The number of hydrogen-bond donors (Lipinski definition) is 2. The molecular weight excluding hydrogens is 244 g/mol. The van der Waals surface area contributed by atoms with E-state index in [4.69, 9.17) is 0 Å². The van der Waals surface area contributed by atoms with Crippen LogP contribution in [0.1, 0.15) is 21.6 Å². The molecule has 3 nitrogen and oxygen atoms in total. The largest absolute Gasteiger partial charge is 0.351 e. The van der Waals surface area contributed by atoms with Crippen LogP contribution in [0.25, 0.3) is 10.9 Å². The fourth-order valence-corrected chi connectivity index (χ4v) is 2.24. The first-order chi connectivity index (χ1) is 8.65. The molecule has 0 spiro atoms. The third kappa shape index (κ3) is 2.34. The summed E-state index contributed by atoms with van der Waals surface area (Å²) in [6, 6.07) is 7.87. The molecule has 1 aromatic heterocycles. The molecule has 0 atom stereocenters. The van der Waals surface area contributed by atoms with E-state index in [1.165, 1.54) is 0 Å². The normalized spacial score (nSPS) is 10.6. The van der Waals surface area contributed by atoms with Crippen molar-refractivity contribution < 1.29 is 4.79 Å². The van der Waals surface area contributed by atoms with E-state index in [1.807, 2.05) is 38.1 Å². The topological polar surface area (TPSA) is 42.0 Å². The van der Waals surface area contributed by atoms with Gasteiger partial charge in [-0.2, -0.15) is 12.6 Å². The molecule has 1 heterocycles. The van der Waals surface area contributed by atoms with Crippen molar-refractivity contribution in [2.24, 2.45) is 0 Å². The standard InChI is InChI=1S/C14H16N2OS/c1-9-11-5-3-4-6-12(11)16-10(2)13(9)14(17)15-7-8-18/h3-6,18H,7-8H2,1-2H3,(H,15,17). The highest BCUT2D eigenvalue weighted by Gasteiger charge is 2.15. The van der Waals surface area contributed by atoms with Gasteiger partial charge in [-0.05, 0) is 25.5 Å². The number of amides is 1. The number of carbonyl (C=O) groups excluding carboxylic acids is 1. The second-order valence-electron chi connectivity index (χ2n) is 4.19. The number of aromatic nitrogens is 1. The van der Waals surface area contributed by atoms with E-state index in [1.54, 1.807) is 0 Å². The summed E-state index contributed by atoms with van der Waals surface area (Å²) in [5.74, 6) is 0.558. The fraction of sp³-hybridized carbons (Fsp3) is 0.286. The van der Waals surface area contributed by atoms with Gasteiger partial charge in [0.05, 0.1) is 16.8 Å². The van der Waals surface area contributed by atoms with Crippen molar-refractivity contribution in [3.63, 3.8) is 0 Å². The fourth-order valence-electron chi connectivity index (χ4n) is 2.12. The van der Waals surface area contributed by atoms with E-state index in [0.29, 0.717) is 17.9 Å². The van der Waals surface area contributed by atoms with Crippen molar-refractivity contribution in [1.29, 1.82) is 0 Å². The summed E-state index contributed by atoms with van der Waals surface area (Å²) in [4.78, 5) is 16.6. The summed E-state index contributed by atoms with van der Waals surface area (Å²) < 4.78 is 0. The molecule has 0 aliphatic carbocycles. The zero-order valence-corrected chi connectivity index (χ0v) is 11.4. The molecule has 1 N–H and O–H groups in total. The van der Waals surface area contributed by atoms with Gasteiger partial charge in [-0.15, -0.1) is 0 Å². The van der Waals surface area contributed by atoms with Gasteiger partial charge in [-0.3, -0.25) is 9.78 Å². The lowest BCUT2D eigenvalue weighted by Gasteiger charge is -2.12. The maximum absolute atomic E-state index is 12.1. The average Bonchev–Trinajstić information content (AvgIpc) is 2.36. The molecule has 18 heavy (non-hydrogen) atoms. The summed E-state index contributed by atoms with van der Waals surface area (Å²) >= 11 is 4.09. The molecule has 0 saturated heterocycles. The van der Waals surface area contributed by atoms with Gasteiger partial charge in [0, 0.05) is 17.7 Å². The molecule has 0 unspecified atom stereocenters. The average molecular weight is 260 g/mol. The van der Waals surface area contributed by atoms with E-state index >= 15 is 0 Å². The Hall–Kier alpha value is -1.55. The van der Waals surface area contributed by atoms with Crippen LogP contribution in [-0.4, -0.2) is 23.2 Å². The van der Waals surface area contributed by atoms with E-state index in [2.05, 4.69) is 22.9 Å². The molecule has 2 rings (SSSR count). The second-order valence-corrected chi connectivity index (χ2v) is 4.64. The quantitative estimate of drug-likeness (QED) is 0.833. The summed E-state index contributed by atoms with van der Waals surface area (Å²) in [6.45, 7) is 4.40. The zero-order chi connectivity index (χ0) is 13.1. The van der Waals surface area contributed by atoms with E-state index < -0.39 is 0 Å². The van der Waals surface area contributed by atoms with Crippen LogP contribution >= 0.6 is 12.6 Å². The van der Waals surface area contributed by atoms with Gasteiger partial charge in [-0.25, -0.2) is 0 Å². The maximum atomic E-state index is 12.1. The zero-order valence-electron chi connectivity index (χ0n) is 10.5. The second kappa shape index (κ2) is 5.40. The highest BCUT2D eigenvalue weighted by Crippen LogP contribution is 2.22. The van der Waals surface area contributed by atoms with Gasteiger partial charge >= 0.3 is 0 Å². The third-order valence-corrected chi connectivity index (χ3v) is 3.18. The molecule has 0 aliphatic heterocycles. The first-order valence-corrected chi connectivity index (χ1v) is 6.53. The Morgan fingerprint density at radius 1 is 1.33 bits per heavy atom. The van der Waals surface area contributed by atoms with Crippen molar-refractivity contribution >= 4 is 29.4 Å². The summed E-state index contributed by atoms with van der Waals surface area (Å²) in [7, 11) is 0. The molecule has 0 saturated carbocycles. The van der Waals surface area contributed by atoms with Crippen LogP contribution in [0.3, 0.4) is 0 Å². The Balaban J connectivity index is 2.53. The van der Waals surface area contributed by atoms with Gasteiger partial charge in [0.25, 0.3) is 5.91 Å². The predicted octanol–water partition coefficient (Wildman–Crippen LogP) is 2.51. The molecule has 94 valence electrons. The minimum absolute atomic E-state index is 0.0719. The van der Waals surface area contributed by atoms with Crippen LogP contribution in [-0.2, 0) is 0 Å². The Morgan fingerprint density at radius 3 is 2.78 bits per heavy atom. The number of para-hydroxylation sites is 1. The minimum atomic E-state index is -0.0719. The summed E-state index contributed by atoms with van der Waals surface area (Å²) in [5.41, 5.74) is 3.35. The van der Waals surface area contributed by atoms with Crippen molar-refractivity contribution in [1.82, 2.24) is 10.3 Å². The summed E-state index contributed by atoms with van der Waals surface area (Å²) in [5, 5.41) is 3.87. The van der Waals surface area contributed by atoms with E-state index in [9.17, 15) is 4.79 Å². The molecule has 2 aromatic rings. The number of nitrogens with zero attached hydrogens (tertiary/aromatic N) is 1. The highest BCUT2D eigenvalue weighted by atomic mass is 32.1. The number of fused-ring (bicyclic) bond motifs is 1.